The van der Waals surface area contributed by atoms with Crippen LogP contribution in [0, 0.1) is 0 Å². The fourth-order valence-electron chi connectivity index (χ4n) is 1.96. The van der Waals surface area contributed by atoms with Crippen molar-refractivity contribution < 1.29 is 4.79 Å². The molecular formula is C10H19N3O. The highest BCUT2D eigenvalue weighted by Crippen LogP contribution is 2.07. The molecule has 0 saturated carbocycles. The molecule has 2 fully saturated rings. The van der Waals surface area contributed by atoms with Gasteiger partial charge in [-0.05, 0) is 25.9 Å². The van der Waals surface area contributed by atoms with E-state index in [1.54, 1.807) is 0 Å². The van der Waals surface area contributed by atoms with Crippen LogP contribution < -0.4 is 10.6 Å². The molecule has 0 radical (unpaired) electrons. The van der Waals surface area contributed by atoms with Crippen molar-refractivity contribution >= 4 is 5.91 Å². The molecule has 2 heterocycles. The highest BCUT2D eigenvalue weighted by molar-refractivity contribution is 5.76. The van der Waals surface area contributed by atoms with Gasteiger partial charge in [0.25, 0.3) is 0 Å². The highest BCUT2D eigenvalue weighted by atomic mass is 16.1. The Hall–Kier alpha value is -0.610. The second-order valence-electron chi connectivity index (χ2n) is 4.22. The summed E-state index contributed by atoms with van der Waals surface area (Å²) in [6, 6.07) is 0.390. The Balaban J connectivity index is 1.57. The van der Waals surface area contributed by atoms with Gasteiger partial charge in [-0.1, -0.05) is 0 Å². The lowest BCUT2D eigenvalue weighted by Crippen LogP contribution is -2.57. The average Bonchev–Trinajstić information content (AvgIpc) is 2.60. The normalized spacial score (nSPS) is 23.4. The fourth-order valence-corrected chi connectivity index (χ4v) is 1.96. The van der Waals surface area contributed by atoms with Crippen LogP contribution in [0.3, 0.4) is 0 Å². The Labute approximate surface area is 85.0 Å². The zero-order valence-corrected chi connectivity index (χ0v) is 8.59. The van der Waals surface area contributed by atoms with Crippen molar-refractivity contribution in [1.82, 2.24) is 15.5 Å². The Bertz CT molecular complexity index is 198. The van der Waals surface area contributed by atoms with Gasteiger partial charge in [0.15, 0.2) is 0 Å². The molecule has 4 heteroatoms. The summed E-state index contributed by atoms with van der Waals surface area (Å²) in [7, 11) is 0. The first-order chi connectivity index (χ1) is 6.84. The Morgan fingerprint density at radius 3 is 2.64 bits per heavy atom. The van der Waals surface area contributed by atoms with Crippen molar-refractivity contribution in [3.8, 4) is 0 Å². The average molecular weight is 197 g/mol. The van der Waals surface area contributed by atoms with Gasteiger partial charge in [-0.3, -0.25) is 4.79 Å². The molecule has 14 heavy (non-hydrogen) atoms. The van der Waals surface area contributed by atoms with E-state index >= 15 is 0 Å². The zero-order valence-electron chi connectivity index (χ0n) is 8.59. The number of rotatable bonds is 4. The summed E-state index contributed by atoms with van der Waals surface area (Å²) in [5.74, 6) is 0.211. The van der Waals surface area contributed by atoms with E-state index in [4.69, 9.17) is 0 Å². The van der Waals surface area contributed by atoms with Gasteiger partial charge in [0.1, 0.15) is 0 Å². The van der Waals surface area contributed by atoms with Gasteiger partial charge in [-0.2, -0.15) is 0 Å². The van der Waals surface area contributed by atoms with Crippen LogP contribution in [0.2, 0.25) is 0 Å². The molecule has 1 amide bonds. The summed E-state index contributed by atoms with van der Waals surface area (Å²) in [4.78, 5) is 13.8. The van der Waals surface area contributed by atoms with Crippen molar-refractivity contribution in [3.05, 3.63) is 0 Å². The van der Waals surface area contributed by atoms with Crippen LogP contribution in [0.4, 0.5) is 0 Å². The van der Waals surface area contributed by atoms with Crippen molar-refractivity contribution in [3.63, 3.8) is 0 Å². The minimum atomic E-state index is 0.211. The summed E-state index contributed by atoms with van der Waals surface area (Å²) in [5.41, 5.74) is 0. The number of likely N-dealkylation sites (tertiary alicyclic amines) is 1. The predicted octanol–water partition coefficient (Wildman–Crippen LogP) is -0.440. The van der Waals surface area contributed by atoms with E-state index < -0.39 is 0 Å². The summed E-state index contributed by atoms with van der Waals surface area (Å²) >= 11 is 0. The molecule has 0 bridgehead atoms. The van der Waals surface area contributed by atoms with E-state index in [9.17, 15) is 4.79 Å². The van der Waals surface area contributed by atoms with Gasteiger partial charge in [-0.15, -0.1) is 0 Å². The molecule has 2 rings (SSSR count). The van der Waals surface area contributed by atoms with Gasteiger partial charge in [0.2, 0.25) is 5.91 Å². The van der Waals surface area contributed by atoms with E-state index in [0.717, 1.165) is 19.6 Å². The summed E-state index contributed by atoms with van der Waals surface area (Å²) in [5, 5.41) is 6.15. The van der Waals surface area contributed by atoms with Crippen LogP contribution in [-0.4, -0.2) is 49.6 Å². The maximum Gasteiger partial charge on any atom is 0.221 e. The Morgan fingerprint density at radius 1 is 1.36 bits per heavy atom. The molecule has 2 saturated heterocycles. The van der Waals surface area contributed by atoms with Gasteiger partial charge in [0, 0.05) is 26.1 Å². The van der Waals surface area contributed by atoms with Gasteiger partial charge < -0.3 is 15.5 Å². The van der Waals surface area contributed by atoms with Crippen molar-refractivity contribution in [1.29, 1.82) is 0 Å². The highest BCUT2D eigenvalue weighted by Gasteiger charge is 2.19. The molecule has 0 aromatic rings. The molecule has 80 valence electrons. The van der Waals surface area contributed by atoms with Crippen LogP contribution in [-0.2, 0) is 4.79 Å². The quantitative estimate of drug-likeness (QED) is 0.642. The third-order valence-corrected chi connectivity index (χ3v) is 3.00. The number of hydrogen-bond acceptors (Lipinski definition) is 3. The Morgan fingerprint density at radius 2 is 2.07 bits per heavy atom. The van der Waals surface area contributed by atoms with Crippen LogP contribution in [0.1, 0.15) is 19.3 Å². The van der Waals surface area contributed by atoms with Crippen molar-refractivity contribution in [2.45, 2.75) is 25.3 Å². The van der Waals surface area contributed by atoms with Gasteiger partial charge >= 0.3 is 0 Å². The maximum absolute atomic E-state index is 11.4. The molecule has 2 N–H and O–H groups in total. The maximum atomic E-state index is 11.4. The van der Waals surface area contributed by atoms with E-state index in [0.29, 0.717) is 12.5 Å². The van der Waals surface area contributed by atoms with Crippen molar-refractivity contribution in [2.75, 3.05) is 32.7 Å². The summed E-state index contributed by atoms with van der Waals surface area (Å²) < 4.78 is 0. The minimum absolute atomic E-state index is 0.211. The lowest BCUT2D eigenvalue weighted by Gasteiger charge is -2.28. The van der Waals surface area contributed by atoms with E-state index in [2.05, 4.69) is 15.5 Å². The number of carbonyl (C=O) groups is 1. The number of amides is 1. The zero-order chi connectivity index (χ0) is 9.80. The largest absolute Gasteiger partial charge is 0.351 e. The molecule has 0 atom stereocenters. The number of nitrogens with one attached hydrogen (secondary N) is 2. The SMILES string of the molecule is O=C(CCN1CCCC1)NC1CNC1. The molecule has 0 spiro atoms. The monoisotopic (exact) mass is 197 g/mol. The minimum Gasteiger partial charge on any atom is -0.351 e. The smallest absolute Gasteiger partial charge is 0.221 e. The predicted molar refractivity (Wildman–Crippen MR) is 55.1 cm³/mol. The van der Waals surface area contributed by atoms with Crippen LogP contribution in [0.15, 0.2) is 0 Å². The van der Waals surface area contributed by atoms with Gasteiger partial charge in [-0.25, -0.2) is 0 Å². The fraction of sp³-hybridized carbons (Fsp3) is 0.900. The number of nitrogens with zero attached hydrogens (tertiary/aromatic N) is 1. The second-order valence-corrected chi connectivity index (χ2v) is 4.22. The third kappa shape index (κ3) is 2.69. The summed E-state index contributed by atoms with van der Waals surface area (Å²) in [6.45, 7) is 5.17. The van der Waals surface area contributed by atoms with Crippen LogP contribution >= 0.6 is 0 Å². The van der Waals surface area contributed by atoms with E-state index in [-0.39, 0.29) is 5.91 Å². The third-order valence-electron chi connectivity index (χ3n) is 3.00. The first kappa shape index (κ1) is 9.93. The summed E-state index contributed by atoms with van der Waals surface area (Å²) in [6.07, 6.45) is 3.26. The van der Waals surface area contributed by atoms with E-state index in [1.807, 2.05) is 0 Å². The number of carbonyl (C=O) groups excluding carboxylic acids is 1. The number of hydrogen-bond donors (Lipinski definition) is 2. The standard InChI is InChI=1S/C10H19N3O/c14-10(12-9-7-11-8-9)3-6-13-4-1-2-5-13/h9,11H,1-8H2,(H,12,14). The Kier molecular flexibility index (Phi) is 3.37. The van der Waals surface area contributed by atoms with Crippen LogP contribution in [0.5, 0.6) is 0 Å². The topological polar surface area (TPSA) is 44.4 Å². The molecular weight excluding hydrogens is 178 g/mol. The molecule has 0 aromatic carbocycles. The van der Waals surface area contributed by atoms with Gasteiger partial charge in [0.05, 0.1) is 6.04 Å². The lowest BCUT2D eigenvalue weighted by atomic mass is 10.2. The van der Waals surface area contributed by atoms with Crippen LogP contribution in [0.25, 0.3) is 0 Å². The van der Waals surface area contributed by atoms with E-state index in [1.165, 1.54) is 25.9 Å². The van der Waals surface area contributed by atoms with Crippen molar-refractivity contribution in [2.24, 2.45) is 0 Å². The first-order valence-corrected chi connectivity index (χ1v) is 5.57. The molecule has 2 aliphatic rings. The second kappa shape index (κ2) is 4.75. The molecule has 4 nitrogen and oxygen atoms in total. The molecule has 2 aliphatic heterocycles. The molecule has 0 aromatic heterocycles. The molecule has 0 aliphatic carbocycles. The lowest BCUT2D eigenvalue weighted by molar-refractivity contribution is -0.122. The first-order valence-electron chi connectivity index (χ1n) is 5.57. The molecule has 0 unspecified atom stereocenters.